The number of fused-ring (bicyclic) bond motifs is 5. The first-order chi connectivity index (χ1) is 40.7. The summed E-state index contributed by atoms with van der Waals surface area (Å²) in [5, 5.41) is 26.7. The van der Waals surface area contributed by atoms with E-state index in [1.165, 1.54) is 6.92 Å². The zero-order valence-electron chi connectivity index (χ0n) is 53.9. The van der Waals surface area contributed by atoms with Gasteiger partial charge in [-0.25, -0.2) is 9.59 Å². The Bertz CT molecular complexity index is 2500. The van der Waals surface area contributed by atoms with Crippen LogP contribution >= 0.6 is 0 Å². The van der Waals surface area contributed by atoms with Crippen LogP contribution < -0.4 is 37.5 Å². The largest absolute Gasteiger partial charge is 0.458 e. The lowest BCUT2D eigenvalue weighted by atomic mass is 9.80. The van der Waals surface area contributed by atoms with Crippen LogP contribution in [0, 0.1) is 5.92 Å². The van der Waals surface area contributed by atoms with Crippen LogP contribution in [0.25, 0.3) is 0 Å². The predicted molar refractivity (Wildman–Crippen MR) is 333 cm³/mol. The van der Waals surface area contributed by atoms with Gasteiger partial charge in [-0.05, 0) is 75.6 Å². The molecule has 0 saturated heterocycles. The highest BCUT2D eigenvalue weighted by Crippen LogP contribution is 2.43. The number of nitrogens with zero attached hydrogens (tertiary/aromatic N) is 2. The summed E-state index contributed by atoms with van der Waals surface area (Å²) in [5.41, 5.74) is 2.61. The van der Waals surface area contributed by atoms with E-state index in [-0.39, 0.29) is 74.2 Å². The number of carbonyl (C=O) groups excluding carboxylic acids is 8. The van der Waals surface area contributed by atoms with Crippen LogP contribution in [0.5, 0.6) is 0 Å². The molecule has 3 atom stereocenters. The van der Waals surface area contributed by atoms with Gasteiger partial charge in [0.05, 0.1) is 43.1 Å². The summed E-state index contributed by atoms with van der Waals surface area (Å²) >= 11 is 0. The average Bonchev–Trinajstić information content (AvgIpc) is 3.33. The number of hydrogen-bond donors (Lipinski definition) is 7. The molecular weight excluding hydrogens is 1080 g/mol. The number of rotatable bonds is 23. The molecule has 1 aliphatic carbocycles. The third-order valence-electron chi connectivity index (χ3n) is 11.9. The maximum absolute atomic E-state index is 13.7. The van der Waals surface area contributed by atoms with Crippen molar-refractivity contribution >= 4 is 53.5 Å². The summed E-state index contributed by atoms with van der Waals surface area (Å²) in [7, 11) is 1.86. The van der Waals surface area contributed by atoms with Crippen LogP contribution in [-0.2, 0) is 77.7 Å². The normalized spacial score (nSPS) is 15.2. The zero-order valence-corrected chi connectivity index (χ0v) is 53.9. The molecule has 4 aliphatic rings. The van der Waals surface area contributed by atoms with Crippen molar-refractivity contribution < 1.29 is 57.7 Å². The van der Waals surface area contributed by atoms with Crippen molar-refractivity contribution in [3.05, 3.63) is 104 Å². The Kier molecular flexibility index (Phi) is 46.6. The van der Waals surface area contributed by atoms with Crippen molar-refractivity contribution in [2.24, 2.45) is 10.9 Å². The first-order valence-corrected chi connectivity index (χ1v) is 30.3. The molecule has 4 heterocycles. The van der Waals surface area contributed by atoms with Crippen LogP contribution in [0.15, 0.2) is 80.9 Å². The molecule has 0 spiro atoms. The molecular formula is C63H104N8O13. The molecule has 21 nitrogen and oxygen atoms in total. The molecule has 21 heteroatoms. The Morgan fingerprint density at radius 3 is 1.98 bits per heavy atom. The van der Waals surface area contributed by atoms with Crippen molar-refractivity contribution in [1.29, 1.82) is 0 Å². The van der Waals surface area contributed by atoms with Gasteiger partial charge in [0.25, 0.3) is 5.56 Å². The first kappa shape index (κ1) is 81.1. The number of aldehydes is 1. The summed E-state index contributed by atoms with van der Waals surface area (Å²) < 4.78 is 17.7. The minimum Gasteiger partial charge on any atom is -0.458 e. The lowest BCUT2D eigenvalue weighted by Gasteiger charge is -2.32. The number of unbranched alkanes of at least 4 members (excludes halogenated alkanes) is 2. The number of ether oxygens (including phenoxy) is 3. The van der Waals surface area contributed by atoms with E-state index >= 15 is 0 Å². The lowest BCUT2D eigenvalue weighted by molar-refractivity contribution is -0.172. The van der Waals surface area contributed by atoms with Gasteiger partial charge in [0.2, 0.25) is 29.5 Å². The molecule has 1 aromatic carbocycles. The molecule has 0 bridgehead atoms. The number of dihydropyridines is 1. The molecule has 7 N–H and O–H groups in total. The second kappa shape index (κ2) is 48.3. The van der Waals surface area contributed by atoms with Crippen molar-refractivity contribution in [3.8, 4) is 0 Å². The number of cyclic esters (lactones) is 1. The Morgan fingerprint density at radius 1 is 0.798 bits per heavy atom. The average molecular weight is 1180 g/mol. The molecule has 6 rings (SSSR count). The summed E-state index contributed by atoms with van der Waals surface area (Å²) in [4.78, 5) is 116. The number of hydrogen-bond acceptors (Lipinski definition) is 15. The van der Waals surface area contributed by atoms with E-state index in [1.54, 1.807) is 60.0 Å². The number of aromatic nitrogens is 1. The van der Waals surface area contributed by atoms with Gasteiger partial charge in [0, 0.05) is 36.4 Å². The third-order valence-corrected chi connectivity index (χ3v) is 11.9. The minimum atomic E-state index is -1.94. The van der Waals surface area contributed by atoms with Gasteiger partial charge in [-0.1, -0.05) is 153 Å². The number of benzene rings is 1. The number of carbonyl (C=O) groups is 8. The maximum Gasteiger partial charge on any atom is 0.343 e. The standard InChI is InChI=1S/C47H58N8O12.C2H4O.7C2H6/c1-4-30-31-19-29(15-16-35(31)54-43-32(30)24-55-37(43)20-34-33(45(55)62)25-66-46(63)47(34,64)5-2)67-42(60)26-65-27-52-40(58)22-51-44(61)36(18-28-12-8-6-9-13-28)53-41(59)23-50-39(57)21-49-38(56)14-10-7-11-17-48-3;1-2-3;7*1-2/h6,8-9,12-13,15-16,20,31,36,48,64H,4-5,7,10-11,14,17-19,21-27H2,1-3H3,(H,49,56)(H,50,57)(H,51,61)(H,52,58)(H,53,59);2H,1H3;7*1-2H3. The predicted octanol–water partition coefficient (Wildman–Crippen LogP) is 7.69. The number of aliphatic hydroxyl groups is 1. The van der Waals surface area contributed by atoms with Crippen molar-refractivity contribution in [3.63, 3.8) is 0 Å². The smallest absolute Gasteiger partial charge is 0.343 e. The highest BCUT2D eigenvalue weighted by Gasteiger charge is 2.46. The highest BCUT2D eigenvalue weighted by atomic mass is 16.6. The maximum atomic E-state index is 13.7. The number of pyridine rings is 1. The Balaban J connectivity index is -0.00000352. The Hall–Kier alpha value is -7.10. The quantitative estimate of drug-likeness (QED) is 0.0243. The molecule has 0 fully saturated rings. The monoisotopic (exact) mass is 1180 g/mol. The minimum absolute atomic E-state index is 0.0338. The van der Waals surface area contributed by atoms with Gasteiger partial charge < -0.3 is 60.6 Å². The summed E-state index contributed by atoms with van der Waals surface area (Å²) in [6.07, 6.45) is 7.98. The fraction of sp³-hybridized carbons (Fsp3) is 0.587. The lowest BCUT2D eigenvalue weighted by Crippen LogP contribution is -2.52. The van der Waals surface area contributed by atoms with Gasteiger partial charge in [0.1, 0.15) is 38.0 Å². The fourth-order valence-corrected chi connectivity index (χ4v) is 8.35. The second-order valence-corrected chi connectivity index (χ2v) is 16.7. The van der Waals surface area contributed by atoms with E-state index < -0.39 is 66.9 Å². The number of aliphatic imine (C=N–C) groups is 1. The fourth-order valence-electron chi connectivity index (χ4n) is 8.35. The van der Waals surface area contributed by atoms with E-state index in [9.17, 15) is 43.5 Å². The third kappa shape index (κ3) is 26.2. The summed E-state index contributed by atoms with van der Waals surface area (Å²) in [6, 6.07) is 9.46. The highest BCUT2D eigenvalue weighted by molar-refractivity contribution is 6.15. The van der Waals surface area contributed by atoms with E-state index in [4.69, 9.17) is 24.0 Å². The van der Waals surface area contributed by atoms with Gasteiger partial charge in [-0.3, -0.25) is 33.8 Å². The van der Waals surface area contributed by atoms with Crippen LogP contribution in [0.3, 0.4) is 0 Å². The van der Waals surface area contributed by atoms with Crippen LogP contribution in [0.4, 0.5) is 0 Å². The van der Waals surface area contributed by atoms with Crippen molar-refractivity contribution in [2.45, 2.75) is 194 Å². The van der Waals surface area contributed by atoms with E-state index in [2.05, 4.69) is 31.9 Å². The SMILES string of the molecule is CC.CC.CC.CC.CC.CC.CC.CC=O.CCC1=C2Cn3c(cc4c(c3=O)COC(=O)C4(O)CC)C2=NC2=CC=C(OC(=O)COCNC(=O)CNC(=O)C(Cc3ccccc3)NC(=O)CNC(=O)CNC(=O)CCCCCNC)CC21. The second-order valence-electron chi connectivity index (χ2n) is 16.7. The van der Waals surface area contributed by atoms with Gasteiger partial charge in [-0.2, -0.15) is 0 Å². The summed E-state index contributed by atoms with van der Waals surface area (Å²) in [6.45, 7) is 31.9. The molecule has 1 aromatic heterocycles. The van der Waals surface area contributed by atoms with Crippen molar-refractivity contribution in [2.75, 3.05) is 46.6 Å². The molecule has 3 unspecified atom stereocenters. The molecule has 2 aromatic rings. The molecule has 5 amide bonds. The molecule has 474 valence electrons. The molecule has 84 heavy (non-hydrogen) atoms. The molecule has 0 radical (unpaired) electrons. The number of amides is 5. The number of nitrogens with one attached hydrogen (secondary N) is 6. The number of allylic oxidation sites excluding steroid dienone is 5. The Morgan fingerprint density at radius 2 is 1.38 bits per heavy atom. The van der Waals surface area contributed by atoms with Gasteiger partial charge in [-0.15, -0.1) is 0 Å². The van der Waals surface area contributed by atoms with Gasteiger partial charge >= 0.3 is 11.9 Å². The van der Waals surface area contributed by atoms with Gasteiger partial charge in [0.15, 0.2) is 5.60 Å². The van der Waals surface area contributed by atoms with E-state index in [0.29, 0.717) is 42.1 Å². The van der Waals surface area contributed by atoms with Crippen molar-refractivity contribution in [1.82, 2.24) is 36.5 Å². The van der Waals surface area contributed by atoms with E-state index in [0.717, 1.165) is 42.4 Å². The molecule has 3 aliphatic heterocycles. The Labute approximate surface area is 501 Å². The number of esters is 2. The zero-order chi connectivity index (χ0) is 64.8. The van der Waals surface area contributed by atoms with Crippen LogP contribution in [0.2, 0.25) is 0 Å². The van der Waals surface area contributed by atoms with Crippen LogP contribution in [0.1, 0.15) is 185 Å². The topological polar surface area (TPSA) is 291 Å². The first-order valence-electron chi connectivity index (χ1n) is 30.3. The van der Waals surface area contributed by atoms with E-state index in [1.807, 2.05) is 111 Å². The molecule has 0 saturated carbocycles. The summed E-state index contributed by atoms with van der Waals surface area (Å²) in [5.74, 6) is -4.17. The van der Waals surface area contributed by atoms with Crippen LogP contribution in [-0.4, -0.2) is 116 Å².